The van der Waals surface area contributed by atoms with E-state index in [9.17, 15) is 12.3 Å². The summed E-state index contributed by atoms with van der Waals surface area (Å²) < 4.78 is 33.3. The zero-order valence-corrected chi connectivity index (χ0v) is 9.42. The van der Waals surface area contributed by atoms with Gasteiger partial charge in [-0.15, -0.1) is 3.89 Å². The van der Waals surface area contributed by atoms with Crippen molar-refractivity contribution in [3.63, 3.8) is 0 Å². The molecule has 0 radical (unpaired) electrons. The summed E-state index contributed by atoms with van der Waals surface area (Å²) in [4.78, 5) is 0. The molecule has 13 heavy (non-hydrogen) atoms. The van der Waals surface area contributed by atoms with E-state index in [0.29, 0.717) is 11.0 Å². The second kappa shape index (κ2) is 4.19. The Labute approximate surface area is 89.8 Å². The van der Waals surface area contributed by atoms with Crippen molar-refractivity contribution >= 4 is 38.9 Å². The lowest BCUT2D eigenvalue weighted by Crippen LogP contribution is -1.81. The smallest absolute Gasteiger partial charge is 0.190 e. The molecule has 0 aliphatic carbocycles. The predicted octanol–water partition coefficient (Wildman–Crippen LogP) is 2.56. The highest BCUT2D eigenvalue weighted by Crippen LogP contribution is 2.10. The van der Waals surface area contributed by atoms with Crippen LogP contribution in [0.2, 0.25) is 0 Å². The molecular formula is C8H6FIO2S. The van der Waals surface area contributed by atoms with E-state index in [1.165, 1.54) is 6.08 Å². The highest BCUT2D eigenvalue weighted by molar-refractivity contribution is 14.1. The summed E-state index contributed by atoms with van der Waals surface area (Å²) in [6.07, 6.45) is 1.22. The zero-order chi connectivity index (χ0) is 9.90. The Hall–Kier alpha value is -0.430. The van der Waals surface area contributed by atoms with Crippen LogP contribution in [-0.2, 0) is 10.2 Å². The summed E-state index contributed by atoms with van der Waals surface area (Å²) in [7, 11) is -4.52. The van der Waals surface area contributed by atoms with Crippen molar-refractivity contribution in [2.24, 2.45) is 0 Å². The van der Waals surface area contributed by atoms with Crippen LogP contribution in [0.3, 0.4) is 0 Å². The van der Waals surface area contributed by atoms with E-state index in [-0.39, 0.29) is 0 Å². The van der Waals surface area contributed by atoms with Gasteiger partial charge in [0.1, 0.15) is 0 Å². The van der Waals surface area contributed by atoms with Crippen LogP contribution in [0.1, 0.15) is 5.56 Å². The first-order chi connectivity index (χ1) is 5.97. The molecular weight excluding hydrogens is 306 g/mol. The normalized spacial score (nSPS) is 12.2. The molecule has 0 atom stereocenters. The maximum Gasteiger partial charge on any atom is 0.325 e. The number of benzene rings is 1. The van der Waals surface area contributed by atoms with E-state index in [4.69, 9.17) is 0 Å². The first-order valence-electron chi connectivity index (χ1n) is 3.36. The van der Waals surface area contributed by atoms with Crippen LogP contribution in [-0.4, -0.2) is 8.42 Å². The van der Waals surface area contributed by atoms with Crippen molar-refractivity contribution in [3.05, 3.63) is 38.8 Å². The minimum atomic E-state index is -4.52. The molecule has 0 spiro atoms. The first-order valence-corrected chi connectivity index (χ1v) is 5.88. The van der Waals surface area contributed by atoms with Gasteiger partial charge in [-0.25, -0.2) is 0 Å². The van der Waals surface area contributed by atoms with Crippen LogP contribution in [0.4, 0.5) is 3.89 Å². The molecule has 0 bridgehead atoms. The van der Waals surface area contributed by atoms with Crippen molar-refractivity contribution in [1.29, 1.82) is 0 Å². The molecule has 0 saturated carbocycles. The highest BCUT2D eigenvalue weighted by atomic mass is 127. The molecule has 0 aliphatic rings. The van der Waals surface area contributed by atoms with Gasteiger partial charge in [0.2, 0.25) is 0 Å². The minimum Gasteiger partial charge on any atom is -0.190 e. The van der Waals surface area contributed by atoms with Gasteiger partial charge in [-0.3, -0.25) is 0 Å². The van der Waals surface area contributed by atoms with Crippen molar-refractivity contribution in [1.82, 2.24) is 0 Å². The number of rotatable bonds is 2. The summed E-state index contributed by atoms with van der Waals surface area (Å²) in [5, 5.41) is 0.540. The molecule has 1 aromatic rings. The molecule has 0 heterocycles. The Bertz CT molecular complexity index is 426. The minimum absolute atomic E-state index is 0.540. The van der Waals surface area contributed by atoms with E-state index >= 15 is 0 Å². The Kier molecular flexibility index (Phi) is 3.43. The van der Waals surface area contributed by atoms with Crippen LogP contribution in [0, 0.1) is 3.57 Å². The second-order valence-electron chi connectivity index (χ2n) is 2.33. The molecule has 0 N–H and O–H groups in total. The van der Waals surface area contributed by atoms with E-state index in [2.05, 4.69) is 22.6 Å². The summed E-state index contributed by atoms with van der Waals surface area (Å²) in [6, 6.07) is 7.08. The van der Waals surface area contributed by atoms with Gasteiger partial charge in [0.05, 0.1) is 5.41 Å². The second-order valence-corrected chi connectivity index (χ2v) is 4.80. The van der Waals surface area contributed by atoms with Crippen molar-refractivity contribution in [2.45, 2.75) is 0 Å². The van der Waals surface area contributed by atoms with E-state index in [0.717, 1.165) is 3.57 Å². The van der Waals surface area contributed by atoms with Crippen molar-refractivity contribution < 1.29 is 12.3 Å². The van der Waals surface area contributed by atoms with Gasteiger partial charge in [-0.1, -0.05) is 12.1 Å². The third kappa shape index (κ3) is 4.37. The topological polar surface area (TPSA) is 34.1 Å². The van der Waals surface area contributed by atoms with E-state index in [1.807, 2.05) is 6.07 Å². The number of hydrogen-bond donors (Lipinski definition) is 0. The van der Waals surface area contributed by atoms with E-state index in [1.54, 1.807) is 18.2 Å². The van der Waals surface area contributed by atoms with Crippen LogP contribution in [0.5, 0.6) is 0 Å². The van der Waals surface area contributed by atoms with Gasteiger partial charge in [0.15, 0.2) is 0 Å². The largest absolute Gasteiger partial charge is 0.325 e. The summed E-state index contributed by atoms with van der Waals surface area (Å²) in [6.45, 7) is 0. The molecule has 2 nitrogen and oxygen atoms in total. The molecule has 0 saturated heterocycles. The van der Waals surface area contributed by atoms with Gasteiger partial charge < -0.3 is 0 Å². The number of halogens is 2. The fraction of sp³-hybridized carbons (Fsp3) is 0. The molecule has 0 aliphatic heterocycles. The number of hydrogen-bond acceptors (Lipinski definition) is 2. The quantitative estimate of drug-likeness (QED) is 0.621. The van der Waals surface area contributed by atoms with Crippen molar-refractivity contribution in [3.8, 4) is 0 Å². The molecule has 1 aromatic carbocycles. The van der Waals surface area contributed by atoms with Gasteiger partial charge in [0.25, 0.3) is 0 Å². The third-order valence-electron chi connectivity index (χ3n) is 1.27. The summed E-state index contributed by atoms with van der Waals surface area (Å²) in [5.41, 5.74) is 0.660. The Morgan fingerprint density at radius 1 is 1.38 bits per heavy atom. The first kappa shape index (κ1) is 10.6. The van der Waals surface area contributed by atoms with Gasteiger partial charge >= 0.3 is 10.2 Å². The maximum atomic E-state index is 12.1. The molecule has 1 rings (SSSR count). The summed E-state index contributed by atoms with van der Waals surface area (Å²) >= 11 is 2.09. The van der Waals surface area contributed by atoms with Crippen LogP contribution < -0.4 is 0 Å². The molecule has 0 amide bonds. The lowest BCUT2D eigenvalue weighted by Gasteiger charge is -1.92. The van der Waals surface area contributed by atoms with Crippen LogP contribution in [0.25, 0.3) is 6.08 Å². The maximum absolute atomic E-state index is 12.1. The molecule has 70 valence electrons. The predicted molar refractivity (Wildman–Crippen MR) is 58.2 cm³/mol. The lowest BCUT2D eigenvalue weighted by molar-refractivity contribution is 0.563. The molecule has 0 unspecified atom stereocenters. The van der Waals surface area contributed by atoms with Crippen LogP contribution >= 0.6 is 22.6 Å². The molecule has 0 aromatic heterocycles. The average Bonchev–Trinajstić information content (AvgIpc) is 2.00. The fourth-order valence-electron chi connectivity index (χ4n) is 0.770. The lowest BCUT2D eigenvalue weighted by atomic mass is 10.2. The third-order valence-corrected chi connectivity index (χ3v) is 2.40. The Balaban J connectivity index is 2.93. The molecule has 5 heteroatoms. The SMILES string of the molecule is O=S(=O)(F)/C=C/c1cccc(I)c1. The van der Waals surface area contributed by atoms with E-state index < -0.39 is 10.2 Å². The fourth-order valence-corrected chi connectivity index (χ4v) is 1.66. The molecule has 0 fully saturated rings. The summed E-state index contributed by atoms with van der Waals surface area (Å²) in [5.74, 6) is 0. The standard InChI is InChI=1S/C8H6FIO2S/c9-13(11,12)5-4-7-2-1-3-8(10)6-7/h1-6H/b5-4+. The Morgan fingerprint density at radius 3 is 2.62 bits per heavy atom. The monoisotopic (exact) mass is 312 g/mol. The highest BCUT2D eigenvalue weighted by Gasteiger charge is 1.98. The van der Waals surface area contributed by atoms with Gasteiger partial charge in [0, 0.05) is 3.57 Å². The Morgan fingerprint density at radius 2 is 2.08 bits per heavy atom. The zero-order valence-electron chi connectivity index (χ0n) is 6.44. The van der Waals surface area contributed by atoms with Crippen molar-refractivity contribution in [2.75, 3.05) is 0 Å². The average molecular weight is 312 g/mol. The van der Waals surface area contributed by atoms with Gasteiger partial charge in [-0.05, 0) is 46.4 Å². The van der Waals surface area contributed by atoms with Crippen LogP contribution in [0.15, 0.2) is 29.7 Å². The van der Waals surface area contributed by atoms with Gasteiger partial charge in [-0.2, -0.15) is 8.42 Å².